The number of ether oxygens (including phenoxy) is 1. The van der Waals surface area contributed by atoms with E-state index in [1.54, 1.807) is 18.9 Å². The zero-order valence-corrected chi connectivity index (χ0v) is 12.7. The zero-order chi connectivity index (χ0) is 14.4. The second-order valence-electron chi connectivity index (χ2n) is 4.39. The van der Waals surface area contributed by atoms with Gasteiger partial charge in [0.1, 0.15) is 0 Å². The fourth-order valence-electron chi connectivity index (χ4n) is 1.85. The lowest BCUT2D eigenvalue weighted by atomic mass is 10.2. The predicted molar refractivity (Wildman–Crippen MR) is 79.9 cm³/mol. The summed E-state index contributed by atoms with van der Waals surface area (Å²) in [5.74, 6) is 1.24. The lowest BCUT2D eigenvalue weighted by Crippen LogP contribution is -2.32. The first-order valence-electron chi connectivity index (χ1n) is 6.40. The number of hydrogen-bond acceptors (Lipinski definition) is 6. The fraction of sp³-hybridized carbons (Fsp3) is 0.429. The van der Waals surface area contributed by atoms with Gasteiger partial charge in [-0.05, 0) is 37.6 Å². The smallest absolute Gasteiger partial charge is 0.228 e. The molecular weight excluding hydrogens is 274 g/mol. The number of thioether (sulfide) groups is 1. The maximum atomic E-state index is 5.29. The van der Waals surface area contributed by atoms with Gasteiger partial charge in [-0.1, -0.05) is 5.16 Å². The molecule has 0 aliphatic rings. The van der Waals surface area contributed by atoms with Crippen LogP contribution >= 0.6 is 11.8 Å². The summed E-state index contributed by atoms with van der Waals surface area (Å²) in [7, 11) is 3.57. The quantitative estimate of drug-likeness (QED) is 0.790. The minimum atomic E-state index is 0.173. The normalized spacial score (nSPS) is 12.6. The summed E-state index contributed by atoms with van der Waals surface area (Å²) in [6.07, 6.45) is 2.70. The number of aromatic nitrogens is 2. The van der Waals surface area contributed by atoms with Crippen molar-refractivity contribution >= 4 is 11.8 Å². The lowest BCUT2D eigenvalue weighted by molar-refractivity contribution is 0.165. The van der Waals surface area contributed by atoms with E-state index < -0.39 is 0 Å². The molecule has 2 rings (SSSR count). The molecule has 108 valence electrons. The highest BCUT2D eigenvalue weighted by Crippen LogP contribution is 2.21. The van der Waals surface area contributed by atoms with E-state index >= 15 is 0 Å². The third kappa shape index (κ3) is 3.82. The Balaban J connectivity index is 2.07. The highest BCUT2D eigenvalue weighted by atomic mass is 32.2. The Morgan fingerprint density at radius 2 is 2.10 bits per heavy atom. The Morgan fingerprint density at radius 1 is 1.35 bits per heavy atom. The summed E-state index contributed by atoms with van der Waals surface area (Å²) in [6.45, 7) is 0.608. The van der Waals surface area contributed by atoms with Gasteiger partial charge in [-0.15, -0.1) is 11.8 Å². The molecule has 0 radical (unpaired) electrons. The molecule has 1 aromatic heterocycles. The van der Waals surface area contributed by atoms with E-state index in [1.807, 2.05) is 19.2 Å². The van der Waals surface area contributed by atoms with Gasteiger partial charge in [-0.25, -0.2) is 0 Å². The molecule has 0 saturated heterocycles. The predicted octanol–water partition coefficient (Wildman–Crippen LogP) is 2.24. The average molecular weight is 293 g/mol. The molecule has 1 N–H and O–H groups in total. The average Bonchev–Trinajstić information content (AvgIpc) is 2.95. The van der Waals surface area contributed by atoms with Gasteiger partial charge in [0.15, 0.2) is 0 Å². The van der Waals surface area contributed by atoms with Crippen LogP contribution < -0.4 is 5.32 Å². The lowest BCUT2D eigenvalue weighted by Gasteiger charge is -2.11. The maximum absolute atomic E-state index is 5.29. The van der Waals surface area contributed by atoms with Gasteiger partial charge in [-0.2, -0.15) is 4.98 Å². The van der Waals surface area contributed by atoms with Crippen molar-refractivity contribution in [1.82, 2.24) is 15.5 Å². The molecule has 20 heavy (non-hydrogen) atoms. The van der Waals surface area contributed by atoms with E-state index in [0.717, 1.165) is 5.56 Å². The van der Waals surface area contributed by atoms with E-state index in [9.17, 15) is 0 Å². The standard InChI is InChI=1S/C14H19N3O2S/c1-15-11(9-18-2)8-13-16-14(17-19-13)10-4-6-12(20-3)7-5-10/h4-7,11,15H,8-9H2,1-3H3. The summed E-state index contributed by atoms with van der Waals surface area (Å²) >= 11 is 1.71. The summed E-state index contributed by atoms with van der Waals surface area (Å²) in [4.78, 5) is 5.64. The first kappa shape index (κ1) is 15.0. The van der Waals surface area contributed by atoms with Crippen molar-refractivity contribution in [1.29, 1.82) is 0 Å². The van der Waals surface area contributed by atoms with Crippen molar-refractivity contribution in [3.63, 3.8) is 0 Å². The van der Waals surface area contributed by atoms with Gasteiger partial charge in [-0.3, -0.25) is 0 Å². The van der Waals surface area contributed by atoms with E-state index in [4.69, 9.17) is 9.26 Å². The maximum Gasteiger partial charge on any atom is 0.228 e. The van der Waals surface area contributed by atoms with Gasteiger partial charge in [0.05, 0.1) is 6.61 Å². The Kier molecular flexibility index (Phi) is 5.58. The van der Waals surface area contributed by atoms with Crippen LogP contribution in [0.3, 0.4) is 0 Å². The first-order chi connectivity index (χ1) is 9.76. The van der Waals surface area contributed by atoms with E-state index in [-0.39, 0.29) is 6.04 Å². The highest BCUT2D eigenvalue weighted by Gasteiger charge is 2.13. The third-order valence-electron chi connectivity index (χ3n) is 3.01. The highest BCUT2D eigenvalue weighted by molar-refractivity contribution is 7.98. The fourth-order valence-corrected chi connectivity index (χ4v) is 2.26. The van der Waals surface area contributed by atoms with Crippen LogP contribution in [0.5, 0.6) is 0 Å². The van der Waals surface area contributed by atoms with Gasteiger partial charge >= 0.3 is 0 Å². The van der Waals surface area contributed by atoms with Crippen LogP contribution in [0.2, 0.25) is 0 Å². The molecule has 5 nitrogen and oxygen atoms in total. The van der Waals surface area contributed by atoms with E-state index in [0.29, 0.717) is 24.7 Å². The molecule has 0 bridgehead atoms. The van der Waals surface area contributed by atoms with Crippen LogP contribution in [0.15, 0.2) is 33.7 Å². The summed E-state index contributed by atoms with van der Waals surface area (Å²) in [6, 6.07) is 8.29. The summed E-state index contributed by atoms with van der Waals surface area (Å²) < 4.78 is 10.4. The topological polar surface area (TPSA) is 60.2 Å². The van der Waals surface area contributed by atoms with Crippen LogP contribution in [0.1, 0.15) is 5.89 Å². The van der Waals surface area contributed by atoms with Crippen LogP contribution in [0, 0.1) is 0 Å². The first-order valence-corrected chi connectivity index (χ1v) is 7.62. The van der Waals surface area contributed by atoms with Gasteiger partial charge in [0.2, 0.25) is 11.7 Å². The SMILES string of the molecule is CNC(COC)Cc1nc(-c2ccc(SC)cc2)no1. The molecule has 0 amide bonds. The molecule has 0 saturated carbocycles. The van der Waals surface area contributed by atoms with Gasteiger partial charge in [0, 0.05) is 30.0 Å². The van der Waals surface area contributed by atoms with Crippen molar-refractivity contribution < 1.29 is 9.26 Å². The second-order valence-corrected chi connectivity index (χ2v) is 5.26. The Labute approximate surface area is 123 Å². The number of hydrogen-bond donors (Lipinski definition) is 1. The minimum Gasteiger partial charge on any atom is -0.383 e. The van der Waals surface area contributed by atoms with Gasteiger partial charge < -0.3 is 14.6 Å². The largest absolute Gasteiger partial charge is 0.383 e. The molecule has 1 unspecified atom stereocenters. The van der Waals surface area contributed by atoms with E-state index in [1.165, 1.54) is 4.90 Å². The van der Waals surface area contributed by atoms with Crippen molar-refractivity contribution in [2.24, 2.45) is 0 Å². The Bertz CT molecular complexity index is 527. The van der Waals surface area contributed by atoms with Crippen molar-refractivity contribution in [3.05, 3.63) is 30.2 Å². The summed E-state index contributed by atoms with van der Waals surface area (Å²) in [5.41, 5.74) is 0.963. The molecule has 1 heterocycles. The van der Waals surface area contributed by atoms with Crippen LogP contribution in [0.25, 0.3) is 11.4 Å². The second kappa shape index (κ2) is 7.42. The molecule has 6 heteroatoms. The molecule has 0 aliphatic heterocycles. The number of methoxy groups -OCH3 is 1. The Morgan fingerprint density at radius 3 is 2.70 bits per heavy atom. The molecule has 1 aromatic carbocycles. The third-order valence-corrected chi connectivity index (χ3v) is 3.76. The Hall–Kier alpha value is -1.37. The molecule has 0 fully saturated rings. The number of rotatable bonds is 7. The molecule has 0 aliphatic carbocycles. The number of benzene rings is 1. The van der Waals surface area contributed by atoms with Gasteiger partial charge in [0.25, 0.3) is 0 Å². The van der Waals surface area contributed by atoms with Crippen molar-refractivity contribution in [2.45, 2.75) is 17.4 Å². The van der Waals surface area contributed by atoms with Crippen LogP contribution in [-0.4, -0.2) is 43.2 Å². The van der Waals surface area contributed by atoms with Crippen molar-refractivity contribution in [3.8, 4) is 11.4 Å². The van der Waals surface area contributed by atoms with Crippen molar-refractivity contribution in [2.75, 3.05) is 27.0 Å². The number of nitrogens with zero attached hydrogens (tertiary/aromatic N) is 2. The summed E-state index contributed by atoms with van der Waals surface area (Å²) in [5, 5.41) is 7.19. The van der Waals surface area contributed by atoms with Crippen LogP contribution in [0.4, 0.5) is 0 Å². The van der Waals surface area contributed by atoms with E-state index in [2.05, 4.69) is 33.8 Å². The number of nitrogens with one attached hydrogen (secondary N) is 1. The molecule has 1 atom stereocenters. The molecular formula is C14H19N3O2S. The van der Waals surface area contributed by atoms with Crippen LogP contribution in [-0.2, 0) is 11.2 Å². The number of likely N-dealkylation sites (N-methyl/N-ethyl adjacent to an activating group) is 1. The zero-order valence-electron chi connectivity index (χ0n) is 11.9. The minimum absolute atomic E-state index is 0.173. The molecule has 2 aromatic rings. The monoisotopic (exact) mass is 293 g/mol. The molecule has 0 spiro atoms.